The number of ketones is 1. The van der Waals surface area contributed by atoms with Crippen LogP contribution in [0.1, 0.15) is 39.5 Å². The van der Waals surface area contributed by atoms with Crippen LogP contribution in [0.15, 0.2) is 12.2 Å². The van der Waals surface area contributed by atoms with Gasteiger partial charge >= 0.3 is 5.97 Å². The standard InChI is InChI=1S/C15H20O3/c1-8-6-12-10(9(2)14(17)18-12)7-15(3)11(8)4-5-13(15)16/h8,10-12H,2,4-7H2,1,3H3/t8-,10+,11+,12-,15-/m0/s1. The Hall–Kier alpha value is -1.12. The van der Waals surface area contributed by atoms with Crippen molar-refractivity contribution in [2.75, 3.05) is 0 Å². The highest BCUT2D eigenvalue weighted by atomic mass is 16.6. The summed E-state index contributed by atoms with van der Waals surface area (Å²) in [5, 5.41) is 0. The molecule has 2 saturated carbocycles. The quantitative estimate of drug-likeness (QED) is 0.488. The van der Waals surface area contributed by atoms with E-state index in [1.165, 1.54) is 0 Å². The molecule has 0 aromatic heterocycles. The minimum absolute atomic E-state index is 0.0461. The summed E-state index contributed by atoms with van der Waals surface area (Å²) in [6.45, 7) is 8.15. The van der Waals surface area contributed by atoms with Gasteiger partial charge < -0.3 is 4.74 Å². The third-order valence-corrected chi connectivity index (χ3v) is 5.49. The summed E-state index contributed by atoms with van der Waals surface area (Å²) in [7, 11) is 0. The Kier molecular flexibility index (Phi) is 2.45. The van der Waals surface area contributed by atoms with Gasteiger partial charge in [0.1, 0.15) is 11.9 Å². The Balaban J connectivity index is 1.98. The fourth-order valence-corrected chi connectivity index (χ4v) is 4.40. The number of carbonyl (C=O) groups excluding carboxylic acids is 2. The molecular formula is C15H20O3. The van der Waals surface area contributed by atoms with Gasteiger partial charge in [-0.25, -0.2) is 4.79 Å². The fourth-order valence-electron chi connectivity index (χ4n) is 4.40. The van der Waals surface area contributed by atoms with Crippen molar-refractivity contribution in [3.63, 3.8) is 0 Å². The zero-order valence-corrected chi connectivity index (χ0v) is 11.1. The molecule has 0 N–H and O–H groups in total. The predicted molar refractivity (Wildman–Crippen MR) is 66.7 cm³/mol. The summed E-state index contributed by atoms with van der Waals surface area (Å²) in [4.78, 5) is 23.9. The average molecular weight is 248 g/mol. The molecule has 0 aromatic rings. The van der Waals surface area contributed by atoms with Gasteiger partial charge in [0.05, 0.1) is 0 Å². The first-order valence-electron chi connectivity index (χ1n) is 6.86. The van der Waals surface area contributed by atoms with Crippen LogP contribution in [0.5, 0.6) is 0 Å². The van der Waals surface area contributed by atoms with E-state index in [1.807, 2.05) is 0 Å². The molecule has 1 aliphatic heterocycles. The number of rotatable bonds is 0. The first-order valence-corrected chi connectivity index (χ1v) is 6.86. The van der Waals surface area contributed by atoms with Crippen molar-refractivity contribution in [1.29, 1.82) is 0 Å². The highest BCUT2D eigenvalue weighted by molar-refractivity contribution is 5.92. The normalized spacial score (nSPS) is 47.6. The molecule has 3 nitrogen and oxygen atoms in total. The second-order valence-corrected chi connectivity index (χ2v) is 6.48. The van der Waals surface area contributed by atoms with E-state index in [9.17, 15) is 9.59 Å². The zero-order valence-electron chi connectivity index (χ0n) is 11.1. The smallest absolute Gasteiger partial charge is 0.334 e. The Morgan fingerprint density at radius 1 is 1.39 bits per heavy atom. The molecular weight excluding hydrogens is 228 g/mol. The minimum atomic E-state index is -0.268. The van der Waals surface area contributed by atoms with Gasteiger partial charge in [-0.3, -0.25) is 4.79 Å². The van der Waals surface area contributed by atoms with E-state index in [4.69, 9.17) is 4.74 Å². The molecule has 18 heavy (non-hydrogen) atoms. The molecule has 3 rings (SSSR count). The molecule has 3 heteroatoms. The lowest BCUT2D eigenvalue weighted by molar-refractivity contribution is -0.139. The van der Waals surface area contributed by atoms with E-state index in [2.05, 4.69) is 20.4 Å². The Morgan fingerprint density at radius 3 is 2.83 bits per heavy atom. The molecule has 3 aliphatic rings. The third-order valence-electron chi connectivity index (χ3n) is 5.49. The molecule has 98 valence electrons. The number of ether oxygens (including phenoxy) is 1. The number of Topliss-reactive ketones (excluding diaryl/α,β-unsaturated/α-hetero) is 1. The molecule has 2 aliphatic carbocycles. The van der Waals surface area contributed by atoms with Crippen LogP contribution in [0.4, 0.5) is 0 Å². The SMILES string of the molecule is C=C1C(=O)O[C@H]2C[C@H](C)[C@H]3CCC(=O)[C@@]3(C)C[C@H]12. The van der Waals surface area contributed by atoms with Crippen molar-refractivity contribution in [2.24, 2.45) is 23.2 Å². The lowest BCUT2D eigenvalue weighted by atomic mass is 9.70. The van der Waals surface area contributed by atoms with Gasteiger partial charge in [0.25, 0.3) is 0 Å². The molecule has 0 unspecified atom stereocenters. The van der Waals surface area contributed by atoms with Gasteiger partial charge in [0, 0.05) is 23.3 Å². The molecule has 3 fully saturated rings. The molecule has 5 atom stereocenters. The lowest BCUT2D eigenvalue weighted by Crippen LogP contribution is -2.32. The van der Waals surface area contributed by atoms with Crippen molar-refractivity contribution < 1.29 is 14.3 Å². The molecule has 0 bridgehead atoms. The fraction of sp³-hybridized carbons (Fsp3) is 0.733. The zero-order chi connectivity index (χ0) is 13.1. The maximum absolute atomic E-state index is 12.2. The van der Waals surface area contributed by atoms with Gasteiger partial charge in [-0.15, -0.1) is 0 Å². The van der Waals surface area contributed by atoms with Crippen molar-refractivity contribution in [1.82, 2.24) is 0 Å². The highest BCUT2D eigenvalue weighted by Gasteiger charge is 2.55. The Morgan fingerprint density at radius 2 is 2.11 bits per heavy atom. The van der Waals surface area contributed by atoms with Crippen LogP contribution in [-0.4, -0.2) is 17.9 Å². The number of fused-ring (bicyclic) bond motifs is 2. The summed E-state index contributed by atoms with van der Waals surface area (Å²) in [5.41, 5.74) is 0.309. The second-order valence-electron chi connectivity index (χ2n) is 6.48. The first kappa shape index (κ1) is 11.9. The number of esters is 1. The third kappa shape index (κ3) is 1.42. The summed E-state index contributed by atoms with van der Waals surface area (Å²) < 4.78 is 5.42. The number of hydrogen-bond acceptors (Lipinski definition) is 3. The number of hydrogen-bond donors (Lipinski definition) is 0. The molecule has 0 radical (unpaired) electrons. The summed E-state index contributed by atoms with van der Waals surface area (Å²) in [5.74, 6) is 1.05. The summed E-state index contributed by atoms with van der Waals surface area (Å²) in [6.07, 6.45) is 3.27. The highest BCUT2D eigenvalue weighted by Crippen LogP contribution is 2.55. The summed E-state index contributed by atoms with van der Waals surface area (Å²) >= 11 is 0. The van der Waals surface area contributed by atoms with Crippen molar-refractivity contribution in [3.8, 4) is 0 Å². The van der Waals surface area contributed by atoms with E-state index in [-0.39, 0.29) is 23.4 Å². The van der Waals surface area contributed by atoms with E-state index >= 15 is 0 Å². The Bertz CT molecular complexity index is 439. The van der Waals surface area contributed by atoms with Crippen molar-refractivity contribution in [2.45, 2.75) is 45.6 Å². The van der Waals surface area contributed by atoms with Crippen molar-refractivity contribution in [3.05, 3.63) is 12.2 Å². The van der Waals surface area contributed by atoms with E-state index in [0.717, 1.165) is 19.3 Å². The second kappa shape index (κ2) is 3.69. The van der Waals surface area contributed by atoms with E-state index in [1.54, 1.807) is 0 Å². The van der Waals surface area contributed by atoms with Crippen LogP contribution in [0.25, 0.3) is 0 Å². The Labute approximate surface area is 108 Å². The first-order chi connectivity index (χ1) is 8.43. The largest absolute Gasteiger partial charge is 0.458 e. The lowest BCUT2D eigenvalue weighted by Gasteiger charge is -2.32. The predicted octanol–water partition coefficient (Wildman–Crippen LogP) is 2.50. The van der Waals surface area contributed by atoms with Crippen LogP contribution >= 0.6 is 0 Å². The van der Waals surface area contributed by atoms with E-state index in [0.29, 0.717) is 29.6 Å². The van der Waals surface area contributed by atoms with Gasteiger partial charge in [-0.2, -0.15) is 0 Å². The molecule has 0 spiro atoms. The van der Waals surface area contributed by atoms with Crippen molar-refractivity contribution >= 4 is 11.8 Å². The van der Waals surface area contributed by atoms with Gasteiger partial charge in [-0.05, 0) is 31.1 Å². The number of carbonyl (C=O) groups is 2. The van der Waals surface area contributed by atoms with Gasteiger partial charge in [-0.1, -0.05) is 20.4 Å². The van der Waals surface area contributed by atoms with E-state index < -0.39 is 0 Å². The van der Waals surface area contributed by atoms with Crippen LogP contribution in [-0.2, 0) is 14.3 Å². The van der Waals surface area contributed by atoms with Crippen LogP contribution in [0.3, 0.4) is 0 Å². The van der Waals surface area contributed by atoms with Gasteiger partial charge in [0.15, 0.2) is 0 Å². The molecule has 0 amide bonds. The molecule has 1 saturated heterocycles. The average Bonchev–Trinajstić information content (AvgIpc) is 2.69. The maximum Gasteiger partial charge on any atom is 0.334 e. The topological polar surface area (TPSA) is 43.4 Å². The van der Waals surface area contributed by atoms with Crippen LogP contribution in [0, 0.1) is 23.2 Å². The monoisotopic (exact) mass is 248 g/mol. The van der Waals surface area contributed by atoms with Crippen LogP contribution < -0.4 is 0 Å². The molecule has 1 heterocycles. The minimum Gasteiger partial charge on any atom is -0.458 e. The maximum atomic E-state index is 12.2. The summed E-state index contributed by atoms with van der Waals surface area (Å²) in [6, 6.07) is 0. The van der Waals surface area contributed by atoms with Gasteiger partial charge in [0.2, 0.25) is 0 Å². The molecule has 0 aromatic carbocycles. The van der Waals surface area contributed by atoms with Crippen LogP contribution in [0.2, 0.25) is 0 Å².